The van der Waals surface area contributed by atoms with Crippen LogP contribution in [0.5, 0.6) is 11.5 Å². The molecule has 2 aliphatic heterocycles. The molecule has 2 aromatic rings. The Balaban J connectivity index is 1.51. The van der Waals surface area contributed by atoms with E-state index in [1.807, 2.05) is 13.8 Å². The molecule has 2 aliphatic rings. The van der Waals surface area contributed by atoms with E-state index >= 15 is 0 Å². The van der Waals surface area contributed by atoms with Gasteiger partial charge in [-0.3, -0.25) is 30.2 Å². The second-order valence-corrected chi connectivity index (χ2v) is 9.07. The van der Waals surface area contributed by atoms with Crippen LogP contribution in [0.2, 0.25) is 0 Å². The van der Waals surface area contributed by atoms with E-state index in [1.54, 1.807) is 30.3 Å². The third-order valence-corrected chi connectivity index (χ3v) is 6.71. The molecule has 0 saturated carbocycles. The molecule has 0 radical (unpaired) electrons. The van der Waals surface area contributed by atoms with Gasteiger partial charge in [-0.1, -0.05) is 32.4 Å². The minimum Gasteiger partial charge on any atom is -0.454 e. The number of amidine groups is 1. The predicted octanol–water partition coefficient (Wildman–Crippen LogP) is 1.33. The van der Waals surface area contributed by atoms with Crippen molar-refractivity contribution in [3.63, 3.8) is 0 Å². The summed E-state index contributed by atoms with van der Waals surface area (Å²) in [4.78, 5) is 29.8. The van der Waals surface area contributed by atoms with Crippen molar-refractivity contribution in [1.82, 2.24) is 15.6 Å². The zero-order valence-electron chi connectivity index (χ0n) is 17.4. The number of nitrogens with one attached hydrogen (secondary N) is 3. The highest BCUT2D eigenvalue weighted by atomic mass is 32.2. The fourth-order valence-electron chi connectivity index (χ4n) is 3.34. The Morgan fingerprint density at radius 2 is 1.88 bits per heavy atom. The van der Waals surface area contributed by atoms with Gasteiger partial charge in [0.1, 0.15) is 11.9 Å². The smallest absolute Gasteiger partial charge is 0.269 e. The number of rotatable bonds is 5. The molecule has 0 unspecified atom stereocenters. The van der Waals surface area contributed by atoms with Gasteiger partial charge in [-0.25, -0.2) is 8.42 Å². The fraction of sp³-hybridized carbons (Fsp3) is 0.286. The number of hydrogen-bond donors (Lipinski definition) is 3. The van der Waals surface area contributed by atoms with Crippen molar-refractivity contribution in [1.29, 1.82) is 0 Å². The highest BCUT2D eigenvalue weighted by Gasteiger charge is 2.33. The molecular weight excluding hydrogens is 436 g/mol. The Morgan fingerprint density at radius 1 is 1.12 bits per heavy atom. The number of carbonyl (C=O) groups excluding carboxylic acids is 2. The number of nitrogens with zero attached hydrogens (tertiary/aromatic N) is 1. The third-order valence-electron chi connectivity index (χ3n) is 5.32. The normalized spacial score (nSPS) is 18.4. The van der Waals surface area contributed by atoms with Gasteiger partial charge in [0, 0.05) is 11.1 Å². The lowest BCUT2D eigenvalue weighted by Gasteiger charge is -2.19. The van der Waals surface area contributed by atoms with Crippen molar-refractivity contribution < 1.29 is 27.5 Å². The largest absolute Gasteiger partial charge is 0.454 e. The summed E-state index contributed by atoms with van der Waals surface area (Å²) in [5.74, 6) is -0.244. The van der Waals surface area contributed by atoms with E-state index in [4.69, 9.17) is 9.47 Å². The van der Waals surface area contributed by atoms with Crippen molar-refractivity contribution in [2.24, 2.45) is 10.9 Å². The summed E-state index contributed by atoms with van der Waals surface area (Å²) in [6, 6.07) is 10.2. The van der Waals surface area contributed by atoms with Gasteiger partial charge >= 0.3 is 0 Å². The summed E-state index contributed by atoms with van der Waals surface area (Å²) >= 11 is 0. The van der Waals surface area contributed by atoms with Crippen LogP contribution in [-0.2, 0) is 14.8 Å². The van der Waals surface area contributed by atoms with Crippen molar-refractivity contribution >= 4 is 27.7 Å². The van der Waals surface area contributed by atoms with E-state index < -0.39 is 27.9 Å². The van der Waals surface area contributed by atoms with E-state index in [1.165, 1.54) is 12.1 Å². The molecule has 2 heterocycles. The first-order valence-corrected chi connectivity index (χ1v) is 11.5. The van der Waals surface area contributed by atoms with Gasteiger partial charge < -0.3 is 9.47 Å². The first kappa shape index (κ1) is 21.6. The Labute approximate surface area is 185 Å². The van der Waals surface area contributed by atoms with E-state index in [-0.39, 0.29) is 29.0 Å². The second-order valence-electron chi connectivity index (χ2n) is 7.42. The Kier molecular flexibility index (Phi) is 5.74. The summed E-state index contributed by atoms with van der Waals surface area (Å²) < 4.78 is 37.6. The van der Waals surface area contributed by atoms with Gasteiger partial charge in [0.05, 0.1) is 4.90 Å². The van der Waals surface area contributed by atoms with Crippen molar-refractivity contribution in [3.05, 3.63) is 53.6 Å². The SMILES string of the molecule is CC[C@H](C)[C@H](N=C1NS(=O)(=O)c2ccccc21)C(=O)NNC(=O)c1ccc2c(c1)OCO2. The molecule has 2 amide bonds. The molecular formula is C21H22N4O6S. The average Bonchev–Trinajstić information content (AvgIpc) is 3.36. The topological polar surface area (TPSA) is 135 Å². The van der Waals surface area contributed by atoms with Gasteiger partial charge in [0.15, 0.2) is 11.5 Å². The maximum absolute atomic E-state index is 12.9. The summed E-state index contributed by atoms with van der Waals surface area (Å²) in [5, 5.41) is 0. The first-order valence-electron chi connectivity index (χ1n) is 10.00. The van der Waals surface area contributed by atoms with Crippen molar-refractivity contribution in [2.45, 2.75) is 31.2 Å². The van der Waals surface area contributed by atoms with Crippen LogP contribution in [0.15, 0.2) is 52.4 Å². The number of aliphatic imine (C=N–C) groups is 1. The zero-order valence-corrected chi connectivity index (χ0v) is 18.2. The molecule has 11 heteroatoms. The molecule has 32 heavy (non-hydrogen) atoms. The van der Waals surface area contributed by atoms with Crippen LogP contribution in [0.1, 0.15) is 36.2 Å². The summed E-state index contributed by atoms with van der Waals surface area (Å²) in [7, 11) is -3.73. The number of ether oxygens (including phenoxy) is 2. The highest BCUT2D eigenvalue weighted by molar-refractivity contribution is 7.90. The Morgan fingerprint density at radius 3 is 2.66 bits per heavy atom. The van der Waals surface area contributed by atoms with Gasteiger partial charge in [-0.15, -0.1) is 0 Å². The number of benzene rings is 2. The Hall–Kier alpha value is -3.60. The maximum Gasteiger partial charge on any atom is 0.269 e. The first-order chi connectivity index (χ1) is 15.3. The lowest BCUT2D eigenvalue weighted by atomic mass is 9.99. The van der Waals surface area contributed by atoms with Crippen molar-refractivity contribution in [3.8, 4) is 11.5 Å². The summed E-state index contributed by atoms with van der Waals surface area (Å²) in [6.07, 6.45) is 0.610. The molecule has 0 aliphatic carbocycles. The van der Waals surface area contributed by atoms with Crippen LogP contribution in [0.25, 0.3) is 0 Å². The van der Waals surface area contributed by atoms with Crippen LogP contribution >= 0.6 is 0 Å². The van der Waals surface area contributed by atoms with E-state index in [0.717, 1.165) is 0 Å². The minimum absolute atomic E-state index is 0.0843. The molecule has 0 aromatic heterocycles. The van der Waals surface area contributed by atoms with Crippen LogP contribution in [0.4, 0.5) is 0 Å². The van der Waals surface area contributed by atoms with E-state index in [9.17, 15) is 18.0 Å². The molecule has 0 bridgehead atoms. The fourth-order valence-corrected chi connectivity index (χ4v) is 4.58. The summed E-state index contributed by atoms with van der Waals surface area (Å²) in [6.45, 7) is 3.80. The molecule has 4 rings (SSSR count). The Bertz CT molecular complexity index is 1210. The number of carbonyl (C=O) groups is 2. The summed E-state index contributed by atoms with van der Waals surface area (Å²) in [5.41, 5.74) is 5.43. The van der Waals surface area contributed by atoms with Crippen LogP contribution < -0.4 is 25.0 Å². The molecule has 2 atom stereocenters. The standard InChI is InChI=1S/C21H22N4O6S/c1-3-12(2)18(22-19-14-6-4-5-7-17(14)32(28,29)25-19)21(27)24-23-20(26)13-8-9-15-16(10-13)31-11-30-15/h4-10,12,18H,3,11H2,1-2H3,(H,22,25)(H,23,26)(H,24,27)/t12-,18-/m0/s1. The highest BCUT2D eigenvalue weighted by Crippen LogP contribution is 2.32. The van der Waals surface area contributed by atoms with Crippen LogP contribution in [0.3, 0.4) is 0 Å². The third kappa shape index (κ3) is 4.11. The molecule has 2 aromatic carbocycles. The van der Waals surface area contributed by atoms with E-state index in [2.05, 4.69) is 20.6 Å². The van der Waals surface area contributed by atoms with Crippen LogP contribution in [0, 0.1) is 5.92 Å². The van der Waals surface area contributed by atoms with E-state index in [0.29, 0.717) is 23.5 Å². The van der Waals surface area contributed by atoms with Gasteiger partial charge in [-0.2, -0.15) is 0 Å². The second kappa shape index (κ2) is 8.50. The average molecular weight is 458 g/mol. The van der Waals surface area contributed by atoms with Crippen LogP contribution in [-0.4, -0.2) is 38.9 Å². The molecule has 3 N–H and O–H groups in total. The molecule has 0 spiro atoms. The molecule has 0 saturated heterocycles. The quantitative estimate of drug-likeness (QED) is 0.579. The van der Waals surface area contributed by atoms with Crippen molar-refractivity contribution in [2.75, 3.05) is 6.79 Å². The molecule has 168 valence electrons. The minimum atomic E-state index is -3.73. The predicted molar refractivity (Wildman–Crippen MR) is 115 cm³/mol. The zero-order chi connectivity index (χ0) is 22.9. The monoisotopic (exact) mass is 458 g/mol. The molecule has 0 fully saturated rings. The lowest BCUT2D eigenvalue weighted by molar-refractivity contribution is -0.124. The number of hydrogen-bond acceptors (Lipinski definition) is 7. The number of sulfonamides is 1. The number of amides is 2. The van der Waals surface area contributed by atoms with Gasteiger partial charge in [0.2, 0.25) is 6.79 Å². The maximum atomic E-state index is 12.9. The molecule has 10 nitrogen and oxygen atoms in total. The van der Waals surface area contributed by atoms with Gasteiger partial charge in [0.25, 0.3) is 21.8 Å². The number of fused-ring (bicyclic) bond motifs is 2. The van der Waals surface area contributed by atoms with Gasteiger partial charge in [-0.05, 0) is 36.2 Å². The lowest BCUT2D eigenvalue weighted by Crippen LogP contribution is -2.48. The number of hydrazine groups is 1.